The standard InChI is InChI=1S/C25H23N3O2S2/c1-16-22(24(29)28-19-11-6-7-12-20(19)30-2)23(21-13-8-14-31-21)18(15-26)25(27-16)32-17-9-4-3-5-10-17/h4,6-9,11-14,17H,3,5,10H2,1-2H3,(H,28,29). The van der Waals surface area contributed by atoms with Crippen LogP contribution >= 0.6 is 23.1 Å². The number of rotatable bonds is 6. The van der Waals surface area contributed by atoms with E-state index in [1.807, 2.05) is 36.6 Å². The Kier molecular flexibility index (Phi) is 6.93. The second-order valence-electron chi connectivity index (χ2n) is 7.39. The summed E-state index contributed by atoms with van der Waals surface area (Å²) in [5.74, 6) is 0.259. The maximum absolute atomic E-state index is 13.5. The van der Waals surface area contributed by atoms with E-state index in [2.05, 4.69) is 23.5 Å². The summed E-state index contributed by atoms with van der Waals surface area (Å²) in [5, 5.41) is 16.0. The third-order valence-corrected chi connectivity index (χ3v) is 7.38. The van der Waals surface area contributed by atoms with Gasteiger partial charge >= 0.3 is 0 Å². The molecule has 1 unspecified atom stereocenters. The van der Waals surface area contributed by atoms with Gasteiger partial charge in [-0.2, -0.15) is 5.26 Å². The number of aryl methyl sites for hydroxylation is 1. The zero-order valence-corrected chi connectivity index (χ0v) is 19.6. The Morgan fingerprint density at radius 2 is 2.16 bits per heavy atom. The number of allylic oxidation sites excluding steroid dienone is 1. The second kappa shape index (κ2) is 10.0. The number of nitriles is 1. The number of anilines is 1. The van der Waals surface area contributed by atoms with E-state index in [1.54, 1.807) is 31.0 Å². The molecule has 2 aromatic heterocycles. The highest BCUT2D eigenvalue weighted by molar-refractivity contribution is 8.00. The van der Waals surface area contributed by atoms with E-state index in [1.165, 1.54) is 11.3 Å². The Balaban J connectivity index is 1.81. The van der Waals surface area contributed by atoms with Gasteiger partial charge in [0.25, 0.3) is 5.91 Å². The zero-order chi connectivity index (χ0) is 22.5. The van der Waals surface area contributed by atoms with Crippen LogP contribution in [-0.2, 0) is 0 Å². The number of para-hydroxylation sites is 2. The molecule has 162 valence electrons. The van der Waals surface area contributed by atoms with E-state index in [-0.39, 0.29) is 11.2 Å². The molecule has 7 heteroatoms. The highest BCUT2D eigenvalue weighted by Crippen LogP contribution is 2.40. The minimum atomic E-state index is -0.312. The Morgan fingerprint density at radius 1 is 1.31 bits per heavy atom. The predicted octanol–water partition coefficient (Wildman–Crippen LogP) is 6.45. The lowest BCUT2D eigenvalue weighted by atomic mass is 9.99. The van der Waals surface area contributed by atoms with Crippen molar-refractivity contribution in [2.24, 2.45) is 0 Å². The average molecular weight is 462 g/mol. The molecule has 0 fully saturated rings. The van der Waals surface area contributed by atoms with Gasteiger partial charge in [-0.3, -0.25) is 4.79 Å². The van der Waals surface area contributed by atoms with Crippen molar-refractivity contribution >= 4 is 34.7 Å². The first kappa shape index (κ1) is 22.1. The highest BCUT2D eigenvalue weighted by atomic mass is 32.2. The maximum Gasteiger partial charge on any atom is 0.258 e. The number of thiophene rings is 1. The van der Waals surface area contributed by atoms with Crippen LogP contribution in [0.25, 0.3) is 10.4 Å². The molecule has 1 atom stereocenters. The van der Waals surface area contributed by atoms with Gasteiger partial charge in [-0.15, -0.1) is 11.3 Å². The molecule has 1 N–H and O–H groups in total. The van der Waals surface area contributed by atoms with Crippen LogP contribution in [0.2, 0.25) is 0 Å². The zero-order valence-electron chi connectivity index (χ0n) is 17.9. The molecule has 0 aliphatic heterocycles. The second-order valence-corrected chi connectivity index (χ2v) is 9.56. The molecule has 1 amide bonds. The van der Waals surface area contributed by atoms with E-state index in [4.69, 9.17) is 9.72 Å². The van der Waals surface area contributed by atoms with Gasteiger partial charge < -0.3 is 10.1 Å². The summed E-state index contributed by atoms with van der Waals surface area (Å²) in [7, 11) is 1.56. The quantitative estimate of drug-likeness (QED) is 0.427. The Labute approximate surface area is 196 Å². The maximum atomic E-state index is 13.5. The van der Waals surface area contributed by atoms with Gasteiger partial charge in [0.1, 0.15) is 16.8 Å². The normalized spacial score (nSPS) is 15.2. The fraction of sp³-hybridized carbons (Fsp3) is 0.240. The van der Waals surface area contributed by atoms with Crippen molar-refractivity contribution < 1.29 is 9.53 Å². The molecule has 0 radical (unpaired) electrons. The molecule has 0 spiro atoms. The van der Waals surface area contributed by atoms with Crippen LogP contribution in [0.3, 0.4) is 0 Å². The van der Waals surface area contributed by atoms with Gasteiger partial charge in [-0.25, -0.2) is 4.98 Å². The first-order valence-corrected chi connectivity index (χ1v) is 12.1. The number of methoxy groups -OCH3 is 1. The predicted molar refractivity (Wildman–Crippen MR) is 131 cm³/mol. The molecule has 0 bridgehead atoms. The topological polar surface area (TPSA) is 75.0 Å². The van der Waals surface area contributed by atoms with Crippen LogP contribution in [-0.4, -0.2) is 23.3 Å². The first-order chi connectivity index (χ1) is 15.6. The summed E-state index contributed by atoms with van der Waals surface area (Å²) in [5.41, 5.74) is 2.68. The van der Waals surface area contributed by atoms with Crippen molar-refractivity contribution in [3.63, 3.8) is 0 Å². The molecule has 4 rings (SSSR count). The number of carbonyl (C=O) groups excluding carboxylic acids is 1. The smallest absolute Gasteiger partial charge is 0.258 e. The summed E-state index contributed by atoms with van der Waals surface area (Å²) < 4.78 is 5.37. The monoisotopic (exact) mass is 461 g/mol. The molecular formula is C25H23N3O2S2. The molecule has 1 aliphatic rings. The van der Waals surface area contributed by atoms with E-state index in [0.717, 1.165) is 24.1 Å². The third kappa shape index (κ3) is 4.57. The summed E-state index contributed by atoms with van der Waals surface area (Å²) >= 11 is 3.11. The molecule has 3 aromatic rings. The number of benzene rings is 1. The molecule has 32 heavy (non-hydrogen) atoms. The number of hydrogen-bond donors (Lipinski definition) is 1. The molecule has 5 nitrogen and oxygen atoms in total. The number of nitrogens with one attached hydrogen (secondary N) is 1. The van der Waals surface area contributed by atoms with Crippen LogP contribution in [0.5, 0.6) is 5.75 Å². The van der Waals surface area contributed by atoms with Gasteiger partial charge in [0.15, 0.2) is 0 Å². The van der Waals surface area contributed by atoms with E-state index in [0.29, 0.717) is 38.8 Å². The van der Waals surface area contributed by atoms with E-state index >= 15 is 0 Å². The molecule has 0 saturated heterocycles. The minimum absolute atomic E-state index is 0.284. The number of nitrogens with zero attached hydrogens (tertiary/aromatic N) is 2. The summed E-state index contributed by atoms with van der Waals surface area (Å²) in [6, 6.07) is 13.5. The van der Waals surface area contributed by atoms with Crippen LogP contribution in [0.1, 0.15) is 40.9 Å². The summed E-state index contributed by atoms with van der Waals surface area (Å²) in [6.45, 7) is 1.83. The largest absolute Gasteiger partial charge is 0.495 e. The minimum Gasteiger partial charge on any atom is -0.495 e. The molecule has 1 aliphatic carbocycles. The van der Waals surface area contributed by atoms with Crippen LogP contribution < -0.4 is 10.1 Å². The lowest BCUT2D eigenvalue weighted by Gasteiger charge is -2.20. The highest BCUT2D eigenvalue weighted by Gasteiger charge is 2.26. The molecule has 2 heterocycles. The number of carbonyl (C=O) groups is 1. The van der Waals surface area contributed by atoms with Gasteiger partial charge in [0.2, 0.25) is 0 Å². The fourth-order valence-corrected chi connectivity index (χ4v) is 5.77. The van der Waals surface area contributed by atoms with Gasteiger partial charge in [0, 0.05) is 15.7 Å². The number of pyridine rings is 1. The Hall–Kier alpha value is -3.08. The summed E-state index contributed by atoms with van der Waals surface area (Å²) in [6.07, 6.45) is 7.66. The number of aromatic nitrogens is 1. The molecule has 0 saturated carbocycles. The van der Waals surface area contributed by atoms with Crippen molar-refractivity contribution in [1.29, 1.82) is 5.26 Å². The molecular weight excluding hydrogens is 438 g/mol. The number of thioether (sulfide) groups is 1. The lowest BCUT2D eigenvalue weighted by molar-refractivity contribution is 0.102. The Bertz CT molecular complexity index is 1200. The van der Waals surface area contributed by atoms with Crippen molar-refractivity contribution in [2.75, 3.05) is 12.4 Å². The van der Waals surface area contributed by atoms with Crippen molar-refractivity contribution in [3.05, 3.63) is 70.8 Å². The first-order valence-electron chi connectivity index (χ1n) is 10.4. The van der Waals surface area contributed by atoms with Crippen LogP contribution in [0.4, 0.5) is 5.69 Å². The van der Waals surface area contributed by atoms with Crippen LogP contribution in [0.15, 0.2) is 59.0 Å². The lowest BCUT2D eigenvalue weighted by Crippen LogP contribution is -2.18. The SMILES string of the molecule is COc1ccccc1NC(=O)c1c(C)nc(SC2C=CCCC2)c(C#N)c1-c1cccs1. The summed E-state index contributed by atoms with van der Waals surface area (Å²) in [4.78, 5) is 19.1. The number of amides is 1. The van der Waals surface area contributed by atoms with Gasteiger partial charge in [-0.1, -0.05) is 42.1 Å². The Morgan fingerprint density at radius 3 is 2.84 bits per heavy atom. The fourth-order valence-electron chi connectivity index (χ4n) is 3.77. The third-order valence-electron chi connectivity index (χ3n) is 5.28. The van der Waals surface area contributed by atoms with Gasteiger partial charge in [-0.05, 0) is 49.8 Å². The number of hydrogen-bond acceptors (Lipinski definition) is 6. The number of ether oxygens (including phenoxy) is 1. The van der Waals surface area contributed by atoms with E-state index < -0.39 is 0 Å². The van der Waals surface area contributed by atoms with Crippen molar-refractivity contribution in [1.82, 2.24) is 4.98 Å². The van der Waals surface area contributed by atoms with Crippen LogP contribution in [0, 0.1) is 18.3 Å². The van der Waals surface area contributed by atoms with Crippen molar-refractivity contribution in [3.8, 4) is 22.3 Å². The van der Waals surface area contributed by atoms with E-state index in [9.17, 15) is 10.1 Å². The van der Waals surface area contributed by atoms with Gasteiger partial charge in [0.05, 0.1) is 29.6 Å². The molecule has 1 aromatic carbocycles. The average Bonchev–Trinajstić information content (AvgIpc) is 3.34. The van der Waals surface area contributed by atoms with Crippen molar-refractivity contribution in [2.45, 2.75) is 36.5 Å².